The van der Waals surface area contributed by atoms with E-state index in [1.54, 1.807) is 26.0 Å². The van der Waals surface area contributed by atoms with E-state index in [9.17, 15) is 13.2 Å². The molecule has 0 amide bonds. The van der Waals surface area contributed by atoms with Crippen LogP contribution in [0, 0.1) is 6.92 Å². The van der Waals surface area contributed by atoms with E-state index in [0.29, 0.717) is 0 Å². The number of carbonyl (C=O) groups excluding carboxylic acids is 1. The highest BCUT2D eigenvalue weighted by Crippen LogP contribution is 2.08. The minimum absolute atomic E-state index is 0.0666. The van der Waals surface area contributed by atoms with E-state index in [0.717, 1.165) is 5.56 Å². The van der Waals surface area contributed by atoms with Gasteiger partial charge in [0.25, 0.3) is 10.1 Å². The number of hydrogen-bond donors (Lipinski definition) is 2. The number of carbonyl (C=O) groups is 1. The zero-order valence-electron chi connectivity index (χ0n) is 12.4. The highest BCUT2D eigenvalue weighted by Gasteiger charge is 2.22. The summed E-state index contributed by atoms with van der Waals surface area (Å²) in [6.07, 6.45) is 1.50. The quantitative estimate of drug-likeness (QED) is 0.497. The van der Waals surface area contributed by atoms with Gasteiger partial charge in [0.15, 0.2) is 0 Å². The van der Waals surface area contributed by atoms with Crippen LogP contribution in [0.3, 0.4) is 0 Å². The summed E-state index contributed by atoms with van der Waals surface area (Å²) in [5.74, 6) is -0.410. The Morgan fingerprint density at radius 2 is 1.86 bits per heavy atom. The van der Waals surface area contributed by atoms with Crippen LogP contribution in [-0.4, -0.2) is 31.1 Å². The highest BCUT2D eigenvalue weighted by molar-refractivity contribution is 7.85. The smallest absolute Gasteiger partial charge is 0.325 e. The summed E-state index contributed by atoms with van der Waals surface area (Å²) in [6.45, 7) is 8.65. The molecular formula is C14H21NO5S. The molecule has 21 heavy (non-hydrogen) atoms. The largest absolute Gasteiger partial charge is 0.460 e. The predicted molar refractivity (Wildman–Crippen MR) is 80.4 cm³/mol. The van der Waals surface area contributed by atoms with Crippen LogP contribution >= 0.6 is 0 Å². The van der Waals surface area contributed by atoms with E-state index < -0.39 is 21.6 Å². The van der Waals surface area contributed by atoms with E-state index in [1.165, 1.54) is 18.2 Å². The molecule has 0 aliphatic carbocycles. The second kappa shape index (κ2) is 7.92. The lowest BCUT2D eigenvalue weighted by Crippen LogP contribution is -2.42. The number of rotatable bonds is 4. The van der Waals surface area contributed by atoms with Crippen molar-refractivity contribution in [2.45, 2.75) is 31.2 Å². The molecule has 7 heteroatoms. The summed E-state index contributed by atoms with van der Waals surface area (Å²) in [4.78, 5) is 10.8. The Kier molecular flexibility index (Phi) is 7.28. The molecule has 0 aromatic heterocycles. The van der Waals surface area contributed by atoms with Gasteiger partial charge >= 0.3 is 5.97 Å². The number of aryl methyl sites for hydroxylation is 1. The van der Waals surface area contributed by atoms with E-state index in [4.69, 9.17) is 10.3 Å². The zero-order valence-corrected chi connectivity index (χ0v) is 13.2. The highest BCUT2D eigenvalue weighted by atomic mass is 32.2. The molecule has 1 aromatic rings. The molecule has 0 heterocycles. The van der Waals surface area contributed by atoms with Gasteiger partial charge in [0.05, 0.1) is 4.90 Å². The monoisotopic (exact) mass is 315 g/mol. The number of esters is 1. The minimum Gasteiger partial charge on any atom is -0.460 e. The number of nitrogens with two attached hydrogens (primary N) is 1. The molecule has 118 valence electrons. The van der Waals surface area contributed by atoms with Crippen molar-refractivity contribution in [1.82, 2.24) is 0 Å². The fourth-order valence-corrected chi connectivity index (χ4v) is 1.51. The number of hydrogen-bond acceptors (Lipinski definition) is 5. The van der Waals surface area contributed by atoms with Gasteiger partial charge in [-0.3, -0.25) is 9.35 Å². The summed E-state index contributed by atoms with van der Waals surface area (Å²) in [6, 6.07) is 5.99. The third-order valence-electron chi connectivity index (χ3n) is 2.18. The Balaban J connectivity index is 0.000000384. The van der Waals surface area contributed by atoms with E-state index in [-0.39, 0.29) is 11.5 Å². The van der Waals surface area contributed by atoms with Gasteiger partial charge in [-0.1, -0.05) is 30.4 Å². The summed E-state index contributed by atoms with van der Waals surface area (Å²) in [5, 5.41) is 0. The van der Waals surface area contributed by atoms with Crippen LogP contribution in [0.4, 0.5) is 0 Å². The van der Waals surface area contributed by atoms with Crippen LogP contribution in [0.1, 0.15) is 19.4 Å². The molecule has 1 rings (SSSR count). The number of ether oxygens (including phenoxy) is 1. The maximum atomic E-state index is 10.8. The molecule has 0 spiro atoms. The molecule has 0 bridgehead atoms. The van der Waals surface area contributed by atoms with E-state index in [1.807, 2.05) is 6.92 Å². The van der Waals surface area contributed by atoms with Gasteiger partial charge < -0.3 is 10.5 Å². The molecule has 0 aliphatic rings. The molecule has 6 nitrogen and oxygen atoms in total. The summed E-state index contributed by atoms with van der Waals surface area (Å²) in [5.41, 5.74) is 5.47. The van der Waals surface area contributed by atoms with Crippen LogP contribution in [0.5, 0.6) is 0 Å². The Morgan fingerprint density at radius 3 is 2.19 bits per heavy atom. The van der Waals surface area contributed by atoms with E-state index >= 15 is 0 Å². The van der Waals surface area contributed by atoms with Crippen molar-refractivity contribution in [3.05, 3.63) is 42.5 Å². The Bertz CT molecular complexity index is 570. The molecular weight excluding hydrogens is 294 g/mol. The molecule has 0 radical (unpaired) electrons. The normalized spacial score (nSPS) is 11.1. The fraction of sp³-hybridized carbons (Fsp3) is 0.357. The molecule has 1 aromatic carbocycles. The van der Waals surface area contributed by atoms with Gasteiger partial charge in [0.2, 0.25) is 0 Å². The van der Waals surface area contributed by atoms with Crippen molar-refractivity contribution in [3.63, 3.8) is 0 Å². The zero-order chi connectivity index (χ0) is 16.7. The predicted octanol–water partition coefficient (Wildman–Crippen LogP) is 1.69. The van der Waals surface area contributed by atoms with Gasteiger partial charge in [-0.25, -0.2) is 0 Å². The van der Waals surface area contributed by atoms with Crippen molar-refractivity contribution in [1.29, 1.82) is 0 Å². The van der Waals surface area contributed by atoms with Gasteiger partial charge in [0, 0.05) is 0 Å². The second-order valence-electron chi connectivity index (χ2n) is 4.90. The van der Waals surface area contributed by atoms with Crippen molar-refractivity contribution in [2.75, 3.05) is 6.61 Å². The Hall–Kier alpha value is -1.70. The minimum atomic E-state index is -4.02. The van der Waals surface area contributed by atoms with Crippen molar-refractivity contribution in [2.24, 2.45) is 5.73 Å². The van der Waals surface area contributed by atoms with Crippen LogP contribution in [0.25, 0.3) is 0 Å². The van der Waals surface area contributed by atoms with Crippen LogP contribution < -0.4 is 5.73 Å². The first-order valence-corrected chi connectivity index (χ1v) is 7.53. The average Bonchev–Trinajstić information content (AvgIpc) is 2.35. The second-order valence-corrected chi connectivity index (χ2v) is 6.32. The van der Waals surface area contributed by atoms with Gasteiger partial charge in [0.1, 0.15) is 12.1 Å². The lowest BCUT2D eigenvalue weighted by molar-refractivity contribution is -0.147. The maximum Gasteiger partial charge on any atom is 0.325 e. The lowest BCUT2D eigenvalue weighted by Gasteiger charge is -2.15. The fourth-order valence-electron chi connectivity index (χ4n) is 1.03. The van der Waals surface area contributed by atoms with E-state index in [2.05, 4.69) is 11.3 Å². The molecule has 0 atom stereocenters. The van der Waals surface area contributed by atoms with Crippen molar-refractivity contribution in [3.8, 4) is 0 Å². The van der Waals surface area contributed by atoms with Gasteiger partial charge in [-0.2, -0.15) is 8.42 Å². The standard InChI is InChI=1S/C7H13NO2.C7H8O3S/c1-4-5-10-6(9)7(2,3)8;1-6-2-4-7(5-3-6)11(8,9)10/h4H,1,5,8H2,2-3H3;2-5H,1H3,(H,8,9,10). The molecule has 3 N–H and O–H groups in total. The van der Waals surface area contributed by atoms with Crippen molar-refractivity contribution < 1.29 is 22.5 Å². The summed E-state index contributed by atoms with van der Waals surface area (Å²) >= 11 is 0. The average molecular weight is 315 g/mol. The Morgan fingerprint density at radius 1 is 1.38 bits per heavy atom. The first-order chi connectivity index (χ1) is 9.48. The third kappa shape index (κ3) is 8.23. The van der Waals surface area contributed by atoms with Crippen molar-refractivity contribution >= 4 is 16.1 Å². The van der Waals surface area contributed by atoms with Gasteiger partial charge in [-0.15, -0.1) is 0 Å². The molecule has 0 aliphatic heterocycles. The SMILES string of the molecule is C=CCOC(=O)C(C)(C)N.Cc1ccc(S(=O)(=O)O)cc1. The summed E-state index contributed by atoms with van der Waals surface area (Å²) < 4.78 is 34.2. The molecule has 0 saturated heterocycles. The molecule has 0 fully saturated rings. The van der Waals surface area contributed by atoms with Crippen LogP contribution in [-0.2, 0) is 19.6 Å². The third-order valence-corrected chi connectivity index (χ3v) is 3.05. The topological polar surface area (TPSA) is 107 Å². The molecule has 0 unspecified atom stereocenters. The summed E-state index contributed by atoms with van der Waals surface area (Å²) in [7, 11) is -4.02. The number of benzene rings is 1. The van der Waals surface area contributed by atoms with Crippen LogP contribution in [0.2, 0.25) is 0 Å². The van der Waals surface area contributed by atoms with Crippen LogP contribution in [0.15, 0.2) is 41.8 Å². The first-order valence-electron chi connectivity index (χ1n) is 6.09. The first kappa shape index (κ1) is 19.3. The maximum absolute atomic E-state index is 10.8. The lowest BCUT2D eigenvalue weighted by atomic mass is 10.1. The Labute approximate surface area is 125 Å². The molecule has 0 saturated carbocycles. The van der Waals surface area contributed by atoms with Gasteiger partial charge in [-0.05, 0) is 32.9 Å².